The van der Waals surface area contributed by atoms with Crippen LogP contribution in [-0.4, -0.2) is 63.8 Å². The summed E-state index contributed by atoms with van der Waals surface area (Å²) in [5, 5.41) is 0.0828. The summed E-state index contributed by atoms with van der Waals surface area (Å²) in [5.41, 5.74) is 1.57. The van der Waals surface area contributed by atoms with E-state index in [0.29, 0.717) is 24.5 Å². The molecule has 192 valence electrons. The van der Waals surface area contributed by atoms with Crippen molar-refractivity contribution in [3.8, 4) is 5.75 Å². The topological polar surface area (TPSA) is 60.0 Å². The van der Waals surface area contributed by atoms with Crippen LogP contribution < -0.4 is 14.5 Å². The van der Waals surface area contributed by atoms with E-state index in [0.717, 1.165) is 50.7 Å². The van der Waals surface area contributed by atoms with E-state index in [2.05, 4.69) is 53.6 Å². The Hall–Kier alpha value is -2.23. The zero-order valence-electron chi connectivity index (χ0n) is 21.7. The van der Waals surface area contributed by atoms with Crippen LogP contribution in [0, 0.1) is 5.82 Å². The van der Waals surface area contributed by atoms with Gasteiger partial charge in [0.25, 0.3) is 0 Å². The minimum atomic E-state index is -1.96. The van der Waals surface area contributed by atoms with Gasteiger partial charge in [-0.3, -0.25) is 0 Å². The van der Waals surface area contributed by atoms with Crippen molar-refractivity contribution in [3.05, 3.63) is 42.0 Å². The van der Waals surface area contributed by atoms with E-state index in [1.54, 1.807) is 12.1 Å². The smallest absolute Gasteiger partial charge is 0.225 e. The molecule has 2 aliphatic rings. The van der Waals surface area contributed by atoms with Crippen molar-refractivity contribution >= 4 is 20.0 Å². The molecule has 0 unspecified atom stereocenters. The number of benzene rings is 1. The number of hydrogen-bond acceptors (Lipinski definition) is 7. The first kappa shape index (κ1) is 25.8. The summed E-state index contributed by atoms with van der Waals surface area (Å²) in [7, 11) is -1.96. The van der Waals surface area contributed by atoms with Crippen molar-refractivity contribution in [3.63, 3.8) is 0 Å². The van der Waals surface area contributed by atoms with Crippen molar-refractivity contribution in [1.29, 1.82) is 0 Å². The predicted octanol–water partition coefficient (Wildman–Crippen LogP) is 5.02. The Labute approximate surface area is 209 Å². The normalized spacial score (nSPS) is 18.1. The van der Waals surface area contributed by atoms with E-state index in [-0.39, 0.29) is 23.6 Å². The molecular weight excluding hydrogens is 463 g/mol. The van der Waals surface area contributed by atoms with Crippen LogP contribution in [0.4, 0.5) is 16.0 Å². The Morgan fingerprint density at radius 1 is 1.03 bits per heavy atom. The second-order valence-corrected chi connectivity index (χ2v) is 15.7. The molecule has 0 radical (unpaired) electrons. The second kappa shape index (κ2) is 10.8. The lowest BCUT2D eigenvalue weighted by Gasteiger charge is -2.36. The van der Waals surface area contributed by atoms with Crippen LogP contribution in [-0.2, 0) is 15.8 Å². The van der Waals surface area contributed by atoms with Crippen molar-refractivity contribution in [2.24, 2.45) is 0 Å². The Kier molecular flexibility index (Phi) is 7.98. The SMILES string of the molecule is CC(C)(C)[Si](C)(C)OCc1cccc(OC2CCN(c3cnc(N4CCOCC4)nc3)CC2)c1F. The molecule has 0 aliphatic carbocycles. The van der Waals surface area contributed by atoms with Crippen LogP contribution in [0.5, 0.6) is 5.75 Å². The number of piperidine rings is 1. The number of nitrogens with zero attached hydrogens (tertiary/aromatic N) is 4. The maximum atomic E-state index is 15.2. The van der Waals surface area contributed by atoms with Crippen molar-refractivity contribution in [1.82, 2.24) is 9.97 Å². The second-order valence-electron chi connectivity index (χ2n) is 10.9. The zero-order chi connectivity index (χ0) is 25.1. The maximum Gasteiger partial charge on any atom is 0.225 e. The molecule has 0 atom stereocenters. The summed E-state index contributed by atoms with van der Waals surface area (Å²) < 4.78 is 32.9. The van der Waals surface area contributed by atoms with E-state index in [9.17, 15) is 0 Å². The fourth-order valence-electron chi connectivity index (χ4n) is 4.05. The number of halogens is 1. The van der Waals surface area contributed by atoms with Gasteiger partial charge in [0.1, 0.15) is 6.10 Å². The van der Waals surface area contributed by atoms with Crippen molar-refractivity contribution in [2.75, 3.05) is 49.2 Å². The molecule has 0 saturated carbocycles. The van der Waals surface area contributed by atoms with E-state index in [4.69, 9.17) is 13.9 Å². The first-order chi connectivity index (χ1) is 16.6. The fourth-order valence-corrected chi connectivity index (χ4v) is 5.00. The van der Waals surface area contributed by atoms with Gasteiger partial charge in [-0.05, 0) is 24.2 Å². The van der Waals surface area contributed by atoms with Crippen molar-refractivity contribution < 1.29 is 18.3 Å². The monoisotopic (exact) mass is 502 g/mol. The van der Waals surface area contributed by atoms with Gasteiger partial charge in [0.05, 0.1) is 37.9 Å². The lowest BCUT2D eigenvalue weighted by atomic mass is 10.1. The van der Waals surface area contributed by atoms with E-state index >= 15 is 4.39 Å². The van der Waals surface area contributed by atoms with Gasteiger partial charge in [0, 0.05) is 44.6 Å². The molecular formula is C26H39FN4O3Si. The van der Waals surface area contributed by atoms with Gasteiger partial charge in [0.2, 0.25) is 5.95 Å². The zero-order valence-corrected chi connectivity index (χ0v) is 22.7. The molecule has 0 bridgehead atoms. The van der Waals surface area contributed by atoms with Gasteiger partial charge in [-0.15, -0.1) is 0 Å². The summed E-state index contributed by atoms with van der Waals surface area (Å²) in [6.45, 7) is 15.9. The summed E-state index contributed by atoms with van der Waals surface area (Å²) >= 11 is 0. The Morgan fingerprint density at radius 3 is 2.31 bits per heavy atom. The van der Waals surface area contributed by atoms with E-state index in [1.807, 2.05) is 18.5 Å². The number of morpholine rings is 1. The molecule has 2 aliphatic heterocycles. The van der Waals surface area contributed by atoms with Crippen LogP contribution in [0.1, 0.15) is 39.2 Å². The Bertz CT molecular complexity index is 970. The summed E-state index contributed by atoms with van der Waals surface area (Å²) in [6, 6.07) is 5.36. The van der Waals surface area contributed by atoms with Crippen LogP contribution in [0.15, 0.2) is 30.6 Å². The maximum absolute atomic E-state index is 15.2. The summed E-state index contributed by atoms with van der Waals surface area (Å²) in [6.07, 6.45) is 5.39. The summed E-state index contributed by atoms with van der Waals surface area (Å²) in [5.74, 6) is 0.766. The van der Waals surface area contributed by atoms with E-state index < -0.39 is 8.32 Å². The van der Waals surface area contributed by atoms with Crippen molar-refractivity contribution in [2.45, 2.75) is 64.5 Å². The largest absolute Gasteiger partial charge is 0.487 e. The first-order valence-corrected chi connectivity index (χ1v) is 15.5. The highest BCUT2D eigenvalue weighted by atomic mass is 28.4. The average Bonchev–Trinajstić information content (AvgIpc) is 2.85. The molecule has 1 aromatic carbocycles. The van der Waals surface area contributed by atoms with Crippen LogP contribution in [0.3, 0.4) is 0 Å². The number of anilines is 2. The number of ether oxygens (including phenoxy) is 2. The molecule has 0 amide bonds. The third-order valence-corrected chi connectivity index (χ3v) is 11.9. The number of rotatable bonds is 7. The molecule has 9 heteroatoms. The van der Waals surface area contributed by atoms with Gasteiger partial charge in [0.15, 0.2) is 19.9 Å². The molecule has 2 aromatic rings. The fraction of sp³-hybridized carbons (Fsp3) is 0.615. The Balaban J connectivity index is 1.30. The van der Waals surface area contributed by atoms with Gasteiger partial charge in [-0.2, -0.15) is 0 Å². The van der Waals surface area contributed by atoms with Crippen LogP contribution >= 0.6 is 0 Å². The Morgan fingerprint density at radius 2 is 1.69 bits per heavy atom. The number of aromatic nitrogens is 2. The third kappa shape index (κ3) is 6.31. The van der Waals surface area contributed by atoms with Gasteiger partial charge in [-0.25, -0.2) is 14.4 Å². The minimum Gasteiger partial charge on any atom is -0.487 e. The molecule has 35 heavy (non-hydrogen) atoms. The third-order valence-electron chi connectivity index (χ3n) is 7.46. The van der Waals surface area contributed by atoms with Crippen LogP contribution in [0.25, 0.3) is 0 Å². The van der Waals surface area contributed by atoms with Gasteiger partial charge < -0.3 is 23.7 Å². The predicted molar refractivity (Wildman–Crippen MR) is 139 cm³/mol. The van der Waals surface area contributed by atoms with E-state index in [1.165, 1.54) is 0 Å². The van der Waals surface area contributed by atoms with Crippen LogP contribution in [0.2, 0.25) is 18.1 Å². The lowest BCUT2D eigenvalue weighted by Crippen LogP contribution is -2.40. The molecule has 0 spiro atoms. The molecule has 1 aromatic heterocycles. The molecule has 7 nitrogen and oxygen atoms in total. The molecule has 3 heterocycles. The average molecular weight is 503 g/mol. The lowest BCUT2D eigenvalue weighted by molar-refractivity contribution is 0.122. The van der Waals surface area contributed by atoms with Gasteiger partial charge >= 0.3 is 0 Å². The standard InChI is InChI=1S/C26H39FN4O3Si/c1-26(2,3)35(4,5)33-19-20-7-6-8-23(24(20)27)34-22-9-11-30(12-10-22)21-17-28-25(29-18-21)31-13-15-32-16-14-31/h6-8,17-18,22H,9-16,19H2,1-5H3. The highest BCUT2D eigenvalue weighted by molar-refractivity contribution is 6.74. The summed E-state index contributed by atoms with van der Waals surface area (Å²) in [4.78, 5) is 13.5. The highest BCUT2D eigenvalue weighted by Crippen LogP contribution is 2.37. The molecule has 2 saturated heterocycles. The highest BCUT2D eigenvalue weighted by Gasteiger charge is 2.37. The quantitative estimate of drug-likeness (QED) is 0.493. The minimum absolute atomic E-state index is 0.0224. The first-order valence-electron chi connectivity index (χ1n) is 12.6. The number of hydrogen-bond donors (Lipinski definition) is 0. The molecule has 4 rings (SSSR count). The van der Waals surface area contributed by atoms with Gasteiger partial charge in [-0.1, -0.05) is 32.9 Å². The molecule has 2 fully saturated rings. The molecule has 0 N–H and O–H groups in total.